The molecule has 0 bridgehead atoms. The molecule has 26 heavy (non-hydrogen) atoms. The molecular formula is C23H23NS2. The highest BCUT2D eigenvalue weighted by Crippen LogP contribution is 2.45. The summed E-state index contributed by atoms with van der Waals surface area (Å²) < 4.78 is 0. The third kappa shape index (κ3) is 2.95. The number of benzene rings is 1. The van der Waals surface area contributed by atoms with Gasteiger partial charge in [-0.25, -0.2) is 0 Å². The van der Waals surface area contributed by atoms with Gasteiger partial charge in [0.05, 0.1) is 5.69 Å². The summed E-state index contributed by atoms with van der Waals surface area (Å²) in [6, 6.07) is 13.5. The molecule has 0 aliphatic rings. The van der Waals surface area contributed by atoms with E-state index in [2.05, 4.69) is 82.2 Å². The number of nitrogens with one attached hydrogen (secondary N) is 1. The van der Waals surface area contributed by atoms with Crippen LogP contribution in [0.2, 0.25) is 0 Å². The number of hydrogen-bond donors (Lipinski definition) is 1. The molecule has 132 valence electrons. The van der Waals surface area contributed by atoms with Crippen LogP contribution in [-0.4, -0.2) is 4.98 Å². The van der Waals surface area contributed by atoms with Gasteiger partial charge in [0, 0.05) is 36.8 Å². The molecule has 0 spiro atoms. The molecule has 4 rings (SSSR count). The van der Waals surface area contributed by atoms with Gasteiger partial charge < -0.3 is 4.98 Å². The second-order valence-electron chi connectivity index (χ2n) is 6.97. The minimum absolute atomic E-state index is 1.21. The average Bonchev–Trinajstić information content (AvgIpc) is 3.24. The molecule has 0 unspecified atom stereocenters. The first-order valence-electron chi connectivity index (χ1n) is 8.87. The van der Waals surface area contributed by atoms with Crippen LogP contribution in [0.5, 0.6) is 0 Å². The first kappa shape index (κ1) is 17.3. The van der Waals surface area contributed by atoms with Crippen molar-refractivity contribution in [1.82, 2.24) is 4.98 Å². The standard InChI is InChI=1S/C23H23NS2/c1-13-6-8-18(9-7-13)23-22(20-11-15(3)26-17(20)5)21(12-24-23)19-10-14(2)25-16(19)4/h6-12,24H,1-5H3. The van der Waals surface area contributed by atoms with Crippen LogP contribution in [0.25, 0.3) is 33.5 Å². The molecule has 0 saturated carbocycles. The van der Waals surface area contributed by atoms with Crippen molar-refractivity contribution in [2.45, 2.75) is 34.6 Å². The summed E-state index contributed by atoms with van der Waals surface area (Å²) in [7, 11) is 0. The fourth-order valence-electron chi connectivity index (χ4n) is 3.64. The van der Waals surface area contributed by atoms with E-state index in [1.54, 1.807) is 0 Å². The first-order chi connectivity index (χ1) is 12.4. The molecule has 0 fully saturated rings. The van der Waals surface area contributed by atoms with Crippen LogP contribution in [0.1, 0.15) is 25.1 Å². The van der Waals surface area contributed by atoms with E-state index in [4.69, 9.17) is 0 Å². The molecule has 1 nitrogen and oxygen atoms in total. The van der Waals surface area contributed by atoms with Crippen LogP contribution in [0.3, 0.4) is 0 Å². The Morgan fingerprint density at radius 1 is 0.692 bits per heavy atom. The zero-order chi connectivity index (χ0) is 18.4. The van der Waals surface area contributed by atoms with Gasteiger partial charge in [-0.2, -0.15) is 0 Å². The molecule has 4 aromatic rings. The Morgan fingerprint density at radius 3 is 1.81 bits per heavy atom. The Kier molecular flexibility index (Phi) is 4.37. The lowest BCUT2D eigenvalue weighted by molar-refractivity contribution is 1.38. The number of aryl methyl sites for hydroxylation is 5. The second-order valence-corrected chi connectivity index (χ2v) is 9.89. The summed E-state index contributed by atoms with van der Waals surface area (Å²) >= 11 is 3.75. The SMILES string of the molecule is Cc1ccc(-c2[nH]cc(-c3cc(C)sc3C)c2-c2cc(C)sc2C)cc1. The lowest BCUT2D eigenvalue weighted by atomic mass is 9.94. The summed E-state index contributed by atoms with van der Waals surface area (Å²) in [5, 5.41) is 0. The molecule has 0 atom stereocenters. The van der Waals surface area contributed by atoms with Gasteiger partial charge in [0.15, 0.2) is 0 Å². The van der Waals surface area contributed by atoms with E-state index in [-0.39, 0.29) is 0 Å². The maximum atomic E-state index is 3.59. The average molecular weight is 378 g/mol. The smallest absolute Gasteiger partial charge is 0.0540 e. The molecule has 0 amide bonds. The molecule has 0 radical (unpaired) electrons. The van der Waals surface area contributed by atoms with Gasteiger partial charge in [0.2, 0.25) is 0 Å². The molecule has 1 N–H and O–H groups in total. The van der Waals surface area contributed by atoms with Crippen molar-refractivity contribution in [3.8, 4) is 33.5 Å². The first-order valence-corrected chi connectivity index (χ1v) is 10.5. The highest BCUT2D eigenvalue weighted by atomic mass is 32.1. The minimum atomic E-state index is 1.21. The molecule has 3 aromatic heterocycles. The number of thiophene rings is 2. The topological polar surface area (TPSA) is 15.8 Å². The van der Waals surface area contributed by atoms with Crippen molar-refractivity contribution in [3.05, 3.63) is 67.7 Å². The number of hydrogen-bond acceptors (Lipinski definition) is 2. The van der Waals surface area contributed by atoms with E-state index < -0.39 is 0 Å². The van der Waals surface area contributed by atoms with Gasteiger partial charge in [0.1, 0.15) is 0 Å². The largest absolute Gasteiger partial charge is 0.360 e. The molecule has 3 heteroatoms. The second kappa shape index (κ2) is 6.57. The molecule has 0 saturated heterocycles. The molecular weight excluding hydrogens is 354 g/mol. The quantitative estimate of drug-likeness (QED) is 0.377. The maximum absolute atomic E-state index is 3.59. The van der Waals surface area contributed by atoms with Crippen LogP contribution >= 0.6 is 22.7 Å². The van der Waals surface area contributed by atoms with Crippen LogP contribution in [0, 0.1) is 34.6 Å². The Bertz CT molecular complexity index is 1070. The molecule has 0 aliphatic heterocycles. The van der Waals surface area contributed by atoms with E-state index in [1.165, 1.54) is 58.6 Å². The van der Waals surface area contributed by atoms with Gasteiger partial charge in [-0.05, 0) is 63.4 Å². The third-order valence-electron chi connectivity index (χ3n) is 4.86. The number of aromatic nitrogens is 1. The monoisotopic (exact) mass is 377 g/mol. The van der Waals surface area contributed by atoms with E-state index in [0.29, 0.717) is 0 Å². The predicted molar refractivity (Wildman–Crippen MR) is 117 cm³/mol. The van der Waals surface area contributed by atoms with Gasteiger partial charge in [-0.15, -0.1) is 22.7 Å². The summed E-state index contributed by atoms with van der Waals surface area (Å²) in [5.74, 6) is 0. The lowest BCUT2D eigenvalue weighted by Crippen LogP contribution is -1.85. The predicted octanol–water partition coefficient (Wildman–Crippen LogP) is 7.68. The van der Waals surface area contributed by atoms with Crippen molar-refractivity contribution in [2.75, 3.05) is 0 Å². The Balaban J connectivity index is 2.00. The fraction of sp³-hybridized carbons (Fsp3) is 0.217. The number of H-pyrrole nitrogens is 1. The van der Waals surface area contributed by atoms with Gasteiger partial charge in [-0.1, -0.05) is 29.8 Å². The highest BCUT2D eigenvalue weighted by molar-refractivity contribution is 7.12. The van der Waals surface area contributed by atoms with Crippen LogP contribution in [-0.2, 0) is 0 Å². The summed E-state index contributed by atoms with van der Waals surface area (Å²) in [5.41, 5.74) is 9.07. The van der Waals surface area contributed by atoms with E-state index in [9.17, 15) is 0 Å². The van der Waals surface area contributed by atoms with Gasteiger partial charge >= 0.3 is 0 Å². The summed E-state index contributed by atoms with van der Waals surface area (Å²) in [6.07, 6.45) is 2.19. The molecule has 0 aliphatic carbocycles. The minimum Gasteiger partial charge on any atom is -0.360 e. The van der Waals surface area contributed by atoms with Crippen LogP contribution in [0.4, 0.5) is 0 Å². The maximum Gasteiger partial charge on any atom is 0.0540 e. The summed E-state index contributed by atoms with van der Waals surface area (Å²) in [6.45, 7) is 11.0. The summed E-state index contributed by atoms with van der Waals surface area (Å²) in [4.78, 5) is 9.06. The lowest BCUT2D eigenvalue weighted by Gasteiger charge is -2.09. The van der Waals surface area contributed by atoms with Gasteiger partial charge in [0.25, 0.3) is 0 Å². The van der Waals surface area contributed by atoms with E-state index >= 15 is 0 Å². The Hall–Kier alpha value is -2.10. The number of rotatable bonds is 3. The van der Waals surface area contributed by atoms with Crippen LogP contribution in [0.15, 0.2) is 42.6 Å². The van der Waals surface area contributed by atoms with Crippen molar-refractivity contribution in [2.24, 2.45) is 0 Å². The highest BCUT2D eigenvalue weighted by Gasteiger charge is 2.21. The normalized spacial score (nSPS) is 11.3. The van der Waals surface area contributed by atoms with Crippen molar-refractivity contribution in [3.63, 3.8) is 0 Å². The Labute approximate surface area is 163 Å². The van der Waals surface area contributed by atoms with Crippen molar-refractivity contribution < 1.29 is 0 Å². The van der Waals surface area contributed by atoms with E-state index in [0.717, 1.165) is 0 Å². The number of aromatic amines is 1. The fourth-order valence-corrected chi connectivity index (χ4v) is 5.51. The van der Waals surface area contributed by atoms with Gasteiger partial charge in [-0.3, -0.25) is 0 Å². The van der Waals surface area contributed by atoms with E-state index in [1.807, 2.05) is 22.7 Å². The van der Waals surface area contributed by atoms with Crippen LogP contribution < -0.4 is 0 Å². The van der Waals surface area contributed by atoms with Crippen molar-refractivity contribution in [1.29, 1.82) is 0 Å². The molecule has 1 aromatic carbocycles. The molecule has 3 heterocycles. The zero-order valence-corrected chi connectivity index (χ0v) is 17.5. The zero-order valence-electron chi connectivity index (χ0n) is 15.9. The Morgan fingerprint density at radius 2 is 1.27 bits per heavy atom. The third-order valence-corrected chi connectivity index (χ3v) is 6.79. The van der Waals surface area contributed by atoms with Crippen molar-refractivity contribution >= 4 is 22.7 Å².